The number of fused-ring (bicyclic) bond motifs is 1. The predicted octanol–water partition coefficient (Wildman–Crippen LogP) is 3.11. The molecule has 23 heavy (non-hydrogen) atoms. The number of hydrogen-bond donors (Lipinski definition) is 0. The maximum Gasteiger partial charge on any atom is 0.254 e. The minimum Gasteiger partial charge on any atom is -0.283 e. The van der Waals surface area contributed by atoms with Gasteiger partial charge in [-0.15, -0.1) is 5.10 Å². The van der Waals surface area contributed by atoms with E-state index in [0.717, 1.165) is 17.0 Å². The van der Waals surface area contributed by atoms with Crippen molar-refractivity contribution in [3.8, 4) is 0 Å². The second kappa shape index (κ2) is 6.17. The van der Waals surface area contributed by atoms with Crippen molar-refractivity contribution in [2.24, 2.45) is 0 Å². The monoisotopic (exact) mass is 331 g/mol. The molecule has 2 aromatic heterocycles. The molecule has 0 atom stereocenters. The van der Waals surface area contributed by atoms with Gasteiger partial charge in [0.2, 0.25) is 4.77 Å². The number of nitrogens with zero attached hydrogens (tertiary/aromatic N) is 5. The van der Waals surface area contributed by atoms with Gasteiger partial charge in [-0.3, -0.25) is 9.30 Å². The molecule has 0 unspecified atom stereocenters. The lowest BCUT2D eigenvalue weighted by atomic mass is 10.2. The van der Waals surface area contributed by atoms with Crippen LogP contribution >= 0.6 is 12.2 Å². The van der Waals surface area contributed by atoms with Crippen LogP contribution in [-0.4, -0.2) is 31.1 Å². The molecular formula is C16H18FN5S. The van der Waals surface area contributed by atoms with Gasteiger partial charge in [0.05, 0.1) is 6.67 Å². The third kappa shape index (κ3) is 3.30. The number of aromatic nitrogens is 4. The van der Waals surface area contributed by atoms with Crippen LogP contribution in [0.4, 0.5) is 4.39 Å². The van der Waals surface area contributed by atoms with Gasteiger partial charge < -0.3 is 0 Å². The molecule has 0 fully saturated rings. The van der Waals surface area contributed by atoms with E-state index in [1.807, 2.05) is 42.3 Å². The Balaban J connectivity index is 1.85. The SMILES string of the molecule is Cc1cc(C)n2c(=S)n(CN(C)Cc3cccc(F)c3)nc2n1. The molecule has 120 valence electrons. The van der Waals surface area contributed by atoms with E-state index in [1.54, 1.807) is 10.7 Å². The maximum atomic E-state index is 13.3. The molecule has 1 aromatic carbocycles. The second-order valence-corrected chi connectivity index (χ2v) is 6.11. The Labute approximate surface area is 139 Å². The van der Waals surface area contributed by atoms with Crippen LogP contribution in [-0.2, 0) is 13.2 Å². The minimum atomic E-state index is -0.226. The fraction of sp³-hybridized carbons (Fsp3) is 0.312. The molecule has 2 heterocycles. The fourth-order valence-corrected chi connectivity index (χ4v) is 2.98. The van der Waals surface area contributed by atoms with E-state index in [-0.39, 0.29) is 5.82 Å². The Hall–Kier alpha value is -2.12. The Morgan fingerprint density at radius 2 is 2.04 bits per heavy atom. The highest BCUT2D eigenvalue weighted by Crippen LogP contribution is 2.10. The molecule has 0 aliphatic heterocycles. The normalized spacial score (nSPS) is 11.5. The number of benzene rings is 1. The van der Waals surface area contributed by atoms with Crippen LogP contribution in [0.25, 0.3) is 5.78 Å². The van der Waals surface area contributed by atoms with E-state index in [9.17, 15) is 4.39 Å². The second-order valence-electron chi connectivity index (χ2n) is 5.74. The van der Waals surface area contributed by atoms with E-state index in [1.165, 1.54) is 12.1 Å². The van der Waals surface area contributed by atoms with Crippen LogP contribution in [0.5, 0.6) is 0 Å². The van der Waals surface area contributed by atoms with Crippen molar-refractivity contribution in [2.45, 2.75) is 27.1 Å². The van der Waals surface area contributed by atoms with Crippen molar-refractivity contribution in [3.05, 3.63) is 57.9 Å². The molecule has 3 aromatic rings. The van der Waals surface area contributed by atoms with Crippen LogP contribution in [0.15, 0.2) is 30.3 Å². The zero-order chi connectivity index (χ0) is 16.6. The van der Waals surface area contributed by atoms with Gasteiger partial charge in [0.1, 0.15) is 5.82 Å². The first kappa shape index (κ1) is 15.8. The van der Waals surface area contributed by atoms with Crippen molar-refractivity contribution in [1.29, 1.82) is 0 Å². The molecule has 0 saturated heterocycles. The molecule has 0 radical (unpaired) electrons. The van der Waals surface area contributed by atoms with Gasteiger partial charge in [-0.2, -0.15) is 0 Å². The Kier molecular flexibility index (Phi) is 4.23. The summed E-state index contributed by atoms with van der Waals surface area (Å²) in [7, 11) is 1.95. The van der Waals surface area contributed by atoms with Crippen LogP contribution in [0.1, 0.15) is 17.0 Å². The average Bonchev–Trinajstić information content (AvgIpc) is 2.74. The van der Waals surface area contributed by atoms with E-state index in [0.29, 0.717) is 23.8 Å². The maximum absolute atomic E-state index is 13.3. The Bertz CT molecular complexity index is 914. The zero-order valence-corrected chi connectivity index (χ0v) is 14.1. The summed E-state index contributed by atoms with van der Waals surface area (Å²) in [6, 6.07) is 8.57. The molecule has 0 spiro atoms. The van der Waals surface area contributed by atoms with Crippen molar-refractivity contribution in [3.63, 3.8) is 0 Å². The summed E-state index contributed by atoms with van der Waals surface area (Å²) in [5, 5.41) is 4.48. The summed E-state index contributed by atoms with van der Waals surface area (Å²) in [6.45, 7) is 5.04. The van der Waals surface area contributed by atoms with Crippen molar-refractivity contribution in [2.75, 3.05) is 7.05 Å². The molecule has 5 nitrogen and oxygen atoms in total. The molecular weight excluding hydrogens is 313 g/mol. The number of halogens is 1. The predicted molar refractivity (Wildman–Crippen MR) is 89.2 cm³/mol. The number of hydrogen-bond acceptors (Lipinski definition) is 4. The zero-order valence-electron chi connectivity index (χ0n) is 13.3. The van der Waals surface area contributed by atoms with Crippen LogP contribution < -0.4 is 0 Å². The van der Waals surface area contributed by atoms with Gasteiger partial charge in [0, 0.05) is 17.9 Å². The summed E-state index contributed by atoms with van der Waals surface area (Å²) in [5.74, 6) is 0.377. The molecule has 0 aliphatic carbocycles. The van der Waals surface area contributed by atoms with Gasteiger partial charge >= 0.3 is 0 Å². The van der Waals surface area contributed by atoms with E-state index in [2.05, 4.69) is 10.1 Å². The molecule has 0 N–H and O–H groups in total. The van der Waals surface area contributed by atoms with Gasteiger partial charge in [-0.1, -0.05) is 12.1 Å². The Morgan fingerprint density at radius 3 is 2.78 bits per heavy atom. The first-order valence-electron chi connectivity index (χ1n) is 7.31. The van der Waals surface area contributed by atoms with Gasteiger partial charge in [0.25, 0.3) is 5.78 Å². The van der Waals surface area contributed by atoms with Crippen LogP contribution in [0.3, 0.4) is 0 Å². The van der Waals surface area contributed by atoms with E-state index >= 15 is 0 Å². The lowest BCUT2D eigenvalue weighted by molar-refractivity contribution is 0.244. The number of rotatable bonds is 4. The van der Waals surface area contributed by atoms with Gasteiger partial charge in [0.15, 0.2) is 0 Å². The molecule has 3 rings (SSSR count). The smallest absolute Gasteiger partial charge is 0.254 e. The van der Waals surface area contributed by atoms with Gasteiger partial charge in [-0.05, 0) is 56.9 Å². The summed E-state index contributed by atoms with van der Waals surface area (Å²) >= 11 is 5.50. The molecule has 0 aliphatic rings. The van der Waals surface area contributed by atoms with E-state index < -0.39 is 0 Å². The summed E-state index contributed by atoms with van der Waals surface area (Å²) in [4.78, 5) is 6.44. The highest BCUT2D eigenvalue weighted by atomic mass is 32.1. The lowest BCUT2D eigenvalue weighted by Gasteiger charge is -2.16. The average molecular weight is 331 g/mol. The summed E-state index contributed by atoms with van der Waals surface area (Å²) < 4.78 is 17.5. The van der Waals surface area contributed by atoms with Crippen molar-refractivity contribution in [1.82, 2.24) is 24.1 Å². The molecule has 0 bridgehead atoms. The van der Waals surface area contributed by atoms with Crippen LogP contribution in [0.2, 0.25) is 0 Å². The Morgan fingerprint density at radius 1 is 1.26 bits per heavy atom. The quantitative estimate of drug-likeness (QED) is 0.689. The minimum absolute atomic E-state index is 0.226. The van der Waals surface area contributed by atoms with Crippen molar-refractivity contribution >= 4 is 18.0 Å². The molecule has 0 amide bonds. The van der Waals surface area contributed by atoms with Gasteiger partial charge in [-0.25, -0.2) is 14.1 Å². The lowest BCUT2D eigenvalue weighted by Crippen LogP contribution is -2.22. The third-order valence-electron chi connectivity index (χ3n) is 3.59. The molecule has 0 saturated carbocycles. The fourth-order valence-electron chi connectivity index (χ4n) is 2.65. The first-order valence-corrected chi connectivity index (χ1v) is 7.71. The highest BCUT2D eigenvalue weighted by Gasteiger charge is 2.10. The third-order valence-corrected chi connectivity index (χ3v) is 3.98. The van der Waals surface area contributed by atoms with Crippen LogP contribution in [0, 0.1) is 24.4 Å². The largest absolute Gasteiger partial charge is 0.283 e. The topological polar surface area (TPSA) is 38.4 Å². The first-order chi connectivity index (χ1) is 10.9. The summed E-state index contributed by atoms with van der Waals surface area (Å²) in [6.07, 6.45) is 0. The van der Waals surface area contributed by atoms with E-state index in [4.69, 9.17) is 12.2 Å². The standard InChI is InChI=1S/C16H18FN5S/c1-11-7-12(2)22-15(18-11)19-21(16(22)23)10-20(3)9-13-5-4-6-14(17)8-13/h4-8H,9-10H2,1-3H3. The molecule has 7 heteroatoms. The highest BCUT2D eigenvalue weighted by molar-refractivity contribution is 7.71. The number of aryl methyl sites for hydroxylation is 2. The van der Waals surface area contributed by atoms with Crippen molar-refractivity contribution < 1.29 is 4.39 Å². The summed E-state index contributed by atoms with van der Waals surface area (Å²) in [5.41, 5.74) is 2.83.